The summed E-state index contributed by atoms with van der Waals surface area (Å²) in [5, 5.41) is 9.52. The Bertz CT molecular complexity index is 329. The zero-order valence-electron chi connectivity index (χ0n) is 9.43. The second kappa shape index (κ2) is 5.61. The van der Waals surface area contributed by atoms with E-state index < -0.39 is 0 Å². The zero-order chi connectivity index (χ0) is 11.4. The number of thiazole rings is 1. The molecule has 3 N–H and O–H groups in total. The number of likely N-dealkylation sites (tertiary alicyclic amines) is 1. The van der Waals surface area contributed by atoms with Crippen LogP contribution in [0.25, 0.3) is 0 Å². The first-order valence-electron chi connectivity index (χ1n) is 5.84. The molecule has 0 saturated carbocycles. The van der Waals surface area contributed by atoms with E-state index in [1.165, 1.54) is 17.7 Å². The lowest BCUT2D eigenvalue weighted by molar-refractivity contribution is 0.211. The number of nitrogens with zero attached hydrogens (tertiary/aromatic N) is 2. The minimum absolute atomic E-state index is 0.303. The Kier molecular flexibility index (Phi) is 4.15. The van der Waals surface area contributed by atoms with Crippen molar-refractivity contribution in [1.82, 2.24) is 9.88 Å². The molecule has 16 heavy (non-hydrogen) atoms. The maximum atomic E-state index is 8.86. The first-order chi connectivity index (χ1) is 7.79. The van der Waals surface area contributed by atoms with Gasteiger partial charge < -0.3 is 10.8 Å². The van der Waals surface area contributed by atoms with Crippen molar-refractivity contribution in [2.45, 2.75) is 38.3 Å². The molecule has 1 unspecified atom stereocenters. The fourth-order valence-corrected chi connectivity index (χ4v) is 3.06. The van der Waals surface area contributed by atoms with Crippen molar-refractivity contribution in [1.29, 1.82) is 0 Å². The molecule has 0 bridgehead atoms. The maximum Gasteiger partial charge on any atom is 0.180 e. The number of nitrogen functional groups attached to an aromatic ring is 1. The monoisotopic (exact) mass is 241 g/mol. The van der Waals surface area contributed by atoms with Gasteiger partial charge in [0.05, 0.1) is 0 Å². The topological polar surface area (TPSA) is 62.4 Å². The lowest BCUT2D eigenvalue weighted by atomic mass is 10.1. The lowest BCUT2D eigenvalue weighted by Crippen LogP contribution is -2.28. The molecule has 1 atom stereocenters. The third-order valence-corrected chi connectivity index (χ3v) is 3.94. The Morgan fingerprint density at radius 2 is 2.50 bits per heavy atom. The Balaban J connectivity index is 1.88. The summed E-state index contributed by atoms with van der Waals surface area (Å²) >= 11 is 1.58. The molecule has 90 valence electrons. The van der Waals surface area contributed by atoms with Crippen LogP contribution in [0.1, 0.15) is 30.6 Å². The van der Waals surface area contributed by atoms with Crippen LogP contribution < -0.4 is 5.73 Å². The highest BCUT2D eigenvalue weighted by atomic mass is 32.1. The van der Waals surface area contributed by atoms with Crippen molar-refractivity contribution >= 4 is 16.5 Å². The molecule has 2 heterocycles. The van der Waals surface area contributed by atoms with Gasteiger partial charge in [-0.3, -0.25) is 4.90 Å². The van der Waals surface area contributed by atoms with Gasteiger partial charge in [0.15, 0.2) is 5.13 Å². The Labute approximate surface area is 100 Å². The summed E-state index contributed by atoms with van der Waals surface area (Å²) in [7, 11) is 0. The zero-order valence-corrected chi connectivity index (χ0v) is 10.2. The van der Waals surface area contributed by atoms with Gasteiger partial charge in [-0.25, -0.2) is 4.98 Å². The van der Waals surface area contributed by atoms with Crippen molar-refractivity contribution in [3.8, 4) is 0 Å². The first-order valence-corrected chi connectivity index (χ1v) is 6.66. The van der Waals surface area contributed by atoms with E-state index >= 15 is 0 Å². The molecular weight excluding hydrogens is 222 g/mol. The number of aliphatic hydroxyl groups is 1. The molecule has 1 aliphatic rings. The van der Waals surface area contributed by atoms with E-state index in [0.717, 1.165) is 25.9 Å². The summed E-state index contributed by atoms with van der Waals surface area (Å²) in [5.41, 5.74) is 5.62. The van der Waals surface area contributed by atoms with Crippen molar-refractivity contribution in [3.63, 3.8) is 0 Å². The van der Waals surface area contributed by atoms with E-state index in [1.54, 1.807) is 11.3 Å². The SMILES string of the molecule is Nc1ncc(CN2CCCC2CCCO)s1. The first kappa shape index (κ1) is 11.8. The molecule has 0 aromatic carbocycles. The molecule has 1 saturated heterocycles. The quantitative estimate of drug-likeness (QED) is 0.819. The minimum atomic E-state index is 0.303. The summed E-state index contributed by atoms with van der Waals surface area (Å²) in [6.07, 6.45) is 6.41. The van der Waals surface area contributed by atoms with Gasteiger partial charge in [0.1, 0.15) is 0 Å². The third kappa shape index (κ3) is 2.93. The van der Waals surface area contributed by atoms with Gasteiger partial charge in [0.25, 0.3) is 0 Å². The number of aliphatic hydroxyl groups excluding tert-OH is 1. The second-order valence-corrected chi connectivity index (χ2v) is 5.44. The molecule has 0 spiro atoms. The molecule has 1 aliphatic heterocycles. The average molecular weight is 241 g/mol. The molecule has 1 aromatic rings. The summed E-state index contributed by atoms with van der Waals surface area (Å²) in [6.45, 7) is 2.43. The normalized spacial score (nSPS) is 21.7. The van der Waals surface area contributed by atoms with Crippen molar-refractivity contribution in [3.05, 3.63) is 11.1 Å². The van der Waals surface area contributed by atoms with Crippen molar-refractivity contribution in [2.75, 3.05) is 18.9 Å². The number of anilines is 1. The van der Waals surface area contributed by atoms with E-state index in [-0.39, 0.29) is 0 Å². The van der Waals surface area contributed by atoms with Crippen LogP contribution in [0.3, 0.4) is 0 Å². The number of hydrogen-bond donors (Lipinski definition) is 2. The Morgan fingerprint density at radius 3 is 3.19 bits per heavy atom. The highest BCUT2D eigenvalue weighted by Gasteiger charge is 2.24. The number of nitrogens with two attached hydrogens (primary N) is 1. The molecule has 0 aliphatic carbocycles. The second-order valence-electron chi connectivity index (χ2n) is 4.30. The standard InChI is InChI=1S/C11H19N3OS/c12-11-13-7-10(16-11)8-14-5-1-3-9(14)4-2-6-15/h7,9,15H,1-6,8H2,(H2,12,13). The third-order valence-electron chi connectivity index (χ3n) is 3.12. The number of hydrogen-bond acceptors (Lipinski definition) is 5. The van der Waals surface area contributed by atoms with Gasteiger partial charge in [-0.2, -0.15) is 0 Å². The molecule has 5 heteroatoms. The molecule has 2 rings (SSSR count). The highest BCUT2D eigenvalue weighted by Crippen LogP contribution is 2.25. The summed E-state index contributed by atoms with van der Waals surface area (Å²) < 4.78 is 0. The summed E-state index contributed by atoms with van der Waals surface area (Å²) in [6, 6.07) is 0.635. The van der Waals surface area contributed by atoms with E-state index in [0.29, 0.717) is 17.8 Å². The van der Waals surface area contributed by atoms with Gasteiger partial charge in [0.2, 0.25) is 0 Å². The van der Waals surface area contributed by atoms with E-state index in [1.807, 2.05) is 6.20 Å². The minimum Gasteiger partial charge on any atom is -0.396 e. The van der Waals surface area contributed by atoms with E-state index in [4.69, 9.17) is 10.8 Å². The van der Waals surface area contributed by atoms with Crippen LogP contribution in [0.2, 0.25) is 0 Å². The summed E-state index contributed by atoms with van der Waals surface area (Å²) in [5.74, 6) is 0. The smallest absolute Gasteiger partial charge is 0.180 e. The fourth-order valence-electron chi connectivity index (χ4n) is 2.35. The van der Waals surface area contributed by atoms with Gasteiger partial charge in [-0.05, 0) is 32.2 Å². The maximum absolute atomic E-state index is 8.86. The van der Waals surface area contributed by atoms with Crippen LogP contribution in [-0.2, 0) is 6.54 Å². The highest BCUT2D eigenvalue weighted by molar-refractivity contribution is 7.15. The van der Waals surface area contributed by atoms with Crippen LogP contribution in [-0.4, -0.2) is 34.2 Å². The van der Waals surface area contributed by atoms with Crippen molar-refractivity contribution < 1.29 is 5.11 Å². The number of rotatable bonds is 5. The molecular formula is C11H19N3OS. The molecule has 1 aromatic heterocycles. The van der Waals surface area contributed by atoms with Gasteiger partial charge in [-0.1, -0.05) is 0 Å². The van der Waals surface area contributed by atoms with Gasteiger partial charge in [-0.15, -0.1) is 11.3 Å². The Morgan fingerprint density at radius 1 is 1.62 bits per heavy atom. The van der Waals surface area contributed by atoms with Crippen LogP contribution in [0, 0.1) is 0 Å². The molecule has 1 fully saturated rings. The summed E-state index contributed by atoms with van der Waals surface area (Å²) in [4.78, 5) is 7.81. The van der Waals surface area contributed by atoms with Crippen LogP contribution >= 0.6 is 11.3 Å². The van der Waals surface area contributed by atoms with Gasteiger partial charge in [0, 0.05) is 30.3 Å². The van der Waals surface area contributed by atoms with Crippen LogP contribution in [0.15, 0.2) is 6.20 Å². The molecule has 0 amide bonds. The van der Waals surface area contributed by atoms with Gasteiger partial charge >= 0.3 is 0 Å². The number of aromatic nitrogens is 1. The van der Waals surface area contributed by atoms with Crippen LogP contribution in [0.4, 0.5) is 5.13 Å². The lowest BCUT2D eigenvalue weighted by Gasteiger charge is -2.23. The predicted octanol–water partition coefficient (Wildman–Crippen LogP) is 1.46. The molecule has 0 radical (unpaired) electrons. The molecule has 4 nitrogen and oxygen atoms in total. The average Bonchev–Trinajstić information content (AvgIpc) is 2.86. The Hall–Kier alpha value is -0.650. The van der Waals surface area contributed by atoms with Crippen LogP contribution in [0.5, 0.6) is 0 Å². The van der Waals surface area contributed by atoms with E-state index in [2.05, 4.69) is 9.88 Å². The van der Waals surface area contributed by atoms with E-state index in [9.17, 15) is 0 Å². The fraction of sp³-hybridized carbons (Fsp3) is 0.727. The predicted molar refractivity (Wildman–Crippen MR) is 66.3 cm³/mol. The largest absolute Gasteiger partial charge is 0.396 e. The van der Waals surface area contributed by atoms with Crippen molar-refractivity contribution in [2.24, 2.45) is 0 Å².